The molecule has 0 bridgehead atoms. The third kappa shape index (κ3) is 2.93. The molecule has 0 radical (unpaired) electrons. The lowest BCUT2D eigenvalue weighted by Crippen LogP contribution is -2.45. The quantitative estimate of drug-likeness (QED) is 0.657. The molecule has 0 aliphatic heterocycles. The van der Waals surface area contributed by atoms with Crippen LogP contribution in [0, 0.1) is 0 Å². The van der Waals surface area contributed by atoms with Gasteiger partial charge >= 0.3 is 0 Å². The van der Waals surface area contributed by atoms with Crippen LogP contribution in [0.2, 0.25) is 0 Å². The molecular weight excluding hydrogens is 175 g/mol. The van der Waals surface area contributed by atoms with Crippen molar-refractivity contribution >= 4 is 17.3 Å². The standard InChI is InChI=1S/C8H15FN2S/c1-6(5-9)10-7(12)11-8(2)3-4-8/h6H,3-5H2,1-2H3,(H2,10,11,12)/t6-/m0/s1. The summed E-state index contributed by atoms with van der Waals surface area (Å²) in [7, 11) is 0. The molecule has 0 aromatic rings. The summed E-state index contributed by atoms with van der Waals surface area (Å²) in [6.07, 6.45) is 2.30. The van der Waals surface area contributed by atoms with Crippen molar-refractivity contribution in [2.75, 3.05) is 6.67 Å². The fourth-order valence-corrected chi connectivity index (χ4v) is 1.33. The Labute approximate surface area is 77.9 Å². The molecule has 1 saturated carbocycles. The van der Waals surface area contributed by atoms with E-state index in [9.17, 15) is 4.39 Å². The van der Waals surface area contributed by atoms with E-state index < -0.39 is 6.67 Å². The van der Waals surface area contributed by atoms with Crippen molar-refractivity contribution in [2.24, 2.45) is 0 Å². The average molecular weight is 190 g/mol. The van der Waals surface area contributed by atoms with E-state index in [1.54, 1.807) is 6.92 Å². The van der Waals surface area contributed by atoms with Crippen LogP contribution in [0.5, 0.6) is 0 Å². The van der Waals surface area contributed by atoms with Gasteiger partial charge in [-0.15, -0.1) is 0 Å². The number of hydrogen-bond donors (Lipinski definition) is 2. The second-order valence-corrected chi connectivity index (χ2v) is 4.12. The molecule has 4 heteroatoms. The van der Waals surface area contributed by atoms with E-state index in [1.165, 1.54) is 0 Å². The van der Waals surface area contributed by atoms with Gasteiger partial charge in [0.1, 0.15) is 6.67 Å². The lowest BCUT2D eigenvalue weighted by atomic mass is 10.3. The second-order valence-electron chi connectivity index (χ2n) is 3.71. The smallest absolute Gasteiger partial charge is 0.167 e. The van der Waals surface area contributed by atoms with E-state index in [4.69, 9.17) is 12.2 Å². The van der Waals surface area contributed by atoms with Crippen LogP contribution in [0.3, 0.4) is 0 Å². The molecule has 0 heterocycles. The predicted octanol–water partition coefficient (Wildman–Crippen LogP) is 1.36. The summed E-state index contributed by atoms with van der Waals surface area (Å²) in [5.41, 5.74) is 0.181. The first-order valence-corrected chi connectivity index (χ1v) is 4.61. The number of alkyl halides is 1. The van der Waals surface area contributed by atoms with Gasteiger partial charge in [-0.3, -0.25) is 0 Å². The van der Waals surface area contributed by atoms with Crippen molar-refractivity contribution in [3.05, 3.63) is 0 Å². The van der Waals surface area contributed by atoms with Crippen molar-refractivity contribution in [3.8, 4) is 0 Å². The summed E-state index contributed by atoms with van der Waals surface area (Å²) in [6, 6.07) is -0.188. The molecule has 1 aliphatic rings. The molecule has 70 valence electrons. The van der Waals surface area contributed by atoms with Gasteiger partial charge < -0.3 is 10.6 Å². The lowest BCUT2D eigenvalue weighted by molar-refractivity contribution is 0.422. The Hall–Kier alpha value is -0.380. The van der Waals surface area contributed by atoms with Gasteiger partial charge in [-0.1, -0.05) is 0 Å². The van der Waals surface area contributed by atoms with Crippen LogP contribution in [0.25, 0.3) is 0 Å². The van der Waals surface area contributed by atoms with E-state index in [1.807, 2.05) is 0 Å². The third-order valence-electron chi connectivity index (χ3n) is 2.02. The minimum Gasteiger partial charge on any atom is -0.358 e. The number of nitrogens with one attached hydrogen (secondary N) is 2. The highest BCUT2D eigenvalue weighted by atomic mass is 32.1. The van der Waals surface area contributed by atoms with Gasteiger partial charge in [-0.05, 0) is 38.9 Å². The maximum atomic E-state index is 12.0. The molecule has 0 unspecified atom stereocenters. The number of rotatable bonds is 3. The fraction of sp³-hybridized carbons (Fsp3) is 0.875. The van der Waals surface area contributed by atoms with E-state index in [2.05, 4.69) is 17.6 Å². The summed E-state index contributed by atoms with van der Waals surface area (Å²) >= 11 is 5.00. The Bertz CT molecular complexity index is 180. The summed E-state index contributed by atoms with van der Waals surface area (Å²) in [6.45, 7) is 3.49. The van der Waals surface area contributed by atoms with E-state index in [0.29, 0.717) is 5.11 Å². The molecule has 1 atom stereocenters. The van der Waals surface area contributed by atoms with Crippen LogP contribution in [0.1, 0.15) is 26.7 Å². The zero-order chi connectivity index (χ0) is 9.19. The SMILES string of the molecule is C[C@@H](CF)NC(=S)NC1(C)CC1. The Balaban J connectivity index is 2.20. The monoisotopic (exact) mass is 190 g/mol. The first-order chi connectivity index (χ1) is 5.56. The van der Waals surface area contributed by atoms with Crippen molar-refractivity contribution in [1.29, 1.82) is 0 Å². The zero-order valence-electron chi connectivity index (χ0n) is 7.48. The van der Waals surface area contributed by atoms with Gasteiger partial charge in [0.25, 0.3) is 0 Å². The molecular formula is C8H15FN2S. The third-order valence-corrected chi connectivity index (χ3v) is 2.24. The Morgan fingerprint density at radius 1 is 1.67 bits per heavy atom. The van der Waals surface area contributed by atoms with Crippen LogP contribution < -0.4 is 10.6 Å². The summed E-state index contributed by atoms with van der Waals surface area (Å²) in [5.74, 6) is 0. The van der Waals surface area contributed by atoms with Crippen molar-refractivity contribution < 1.29 is 4.39 Å². The minimum atomic E-state index is -0.390. The number of thiocarbonyl (C=S) groups is 1. The van der Waals surface area contributed by atoms with Gasteiger partial charge in [-0.25, -0.2) is 4.39 Å². The molecule has 1 aliphatic carbocycles. The molecule has 0 amide bonds. The van der Waals surface area contributed by atoms with E-state index in [0.717, 1.165) is 12.8 Å². The molecule has 1 rings (SSSR count). The molecule has 0 aromatic carbocycles. The average Bonchev–Trinajstić information content (AvgIpc) is 2.67. The van der Waals surface area contributed by atoms with Crippen LogP contribution >= 0.6 is 12.2 Å². The van der Waals surface area contributed by atoms with Crippen LogP contribution in [-0.4, -0.2) is 23.4 Å². The normalized spacial score (nSPS) is 21.2. The van der Waals surface area contributed by atoms with Gasteiger partial charge in [0.05, 0.1) is 6.04 Å². The van der Waals surface area contributed by atoms with Crippen LogP contribution in [0.15, 0.2) is 0 Å². The van der Waals surface area contributed by atoms with Gasteiger partial charge in [-0.2, -0.15) is 0 Å². The molecule has 12 heavy (non-hydrogen) atoms. The van der Waals surface area contributed by atoms with Gasteiger partial charge in [0, 0.05) is 5.54 Å². The highest BCUT2D eigenvalue weighted by Crippen LogP contribution is 2.33. The van der Waals surface area contributed by atoms with E-state index in [-0.39, 0.29) is 11.6 Å². The molecule has 2 N–H and O–H groups in total. The topological polar surface area (TPSA) is 24.1 Å². The molecule has 0 spiro atoms. The van der Waals surface area contributed by atoms with Gasteiger partial charge in [0.2, 0.25) is 0 Å². The Morgan fingerprint density at radius 3 is 2.67 bits per heavy atom. The first-order valence-electron chi connectivity index (χ1n) is 4.20. The molecule has 1 fully saturated rings. The Morgan fingerprint density at radius 2 is 2.25 bits per heavy atom. The second kappa shape index (κ2) is 3.56. The highest BCUT2D eigenvalue weighted by Gasteiger charge is 2.37. The maximum absolute atomic E-state index is 12.0. The summed E-state index contributed by atoms with van der Waals surface area (Å²) < 4.78 is 12.0. The summed E-state index contributed by atoms with van der Waals surface area (Å²) in [5, 5.41) is 6.59. The van der Waals surface area contributed by atoms with Crippen LogP contribution in [-0.2, 0) is 0 Å². The van der Waals surface area contributed by atoms with Crippen LogP contribution in [0.4, 0.5) is 4.39 Å². The molecule has 2 nitrogen and oxygen atoms in total. The van der Waals surface area contributed by atoms with Gasteiger partial charge in [0.15, 0.2) is 5.11 Å². The molecule has 0 aromatic heterocycles. The minimum absolute atomic E-state index is 0.181. The highest BCUT2D eigenvalue weighted by molar-refractivity contribution is 7.80. The number of halogens is 1. The Kier molecular flexibility index (Phi) is 2.88. The van der Waals surface area contributed by atoms with Crippen molar-refractivity contribution in [1.82, 2.24) is 10.6 Å². The zero-order valence-corrected chi connectivity index (χ0v) is 8.30. The van der Waals surface area contributed by atoms with Crippen molar-refractivity contribution in [3.63, 3.8) is 0 Å². The first kappa shape index (κ1) is 9.71. The fourth-order valence-electron chi connectivity index (χ4n) is 0.885. The predicted molar refractivity (Wildman–Crippen MR) is 51.9 cm³/mol. The number of hydrogen-bond acceptors (Lipinski definition) is 1. The van der Waals surface area contributed by atoms with Crippen molar-refractivity contribution in [2.45, 2.75) is 38.3 Å². The maximum Gasteiger partial charge on any atom is 0.167 e. The molecule has 0 saturated heterocycles. The summed E-state index contributed by atoms with van der Waals surface area (Å²) in [4.78, 5) is 0. The largest absolute Gasteiger partial charge is 0.358 e. The lowest BCUT2D eigenvalue weighted by Gasteiger charge is -2.17. The van der Waals surface area contributed by atoms with E-state index >= 15 is 0 Å².